The largest absolute Gasteiger partial charge is 0.478 e. The fourth-order valence-electron chi connectivity index (χ4n) is 2.82. The Bertz CT molecular complexity index is 986. The fraction of sp³-hybridized carbons (Fsp3) is 0.333. The number of carbonyl (C=O) groups excluding carboxylic acids is 1. The number of rotatable bonds is 7. The van der Waals surface area contributed by atoms with Crippen LogP contribution in [0.5, 0.6) is 0 Å². The minimum Gasteiger partial charge on any atom is -0.478 e. The van der Waals surface area contributed by atoms with Gasteiger partial charge in [0, 0.05) is 57.5 Å². The molecule has 0 bridgehead atoms. The third kappa shape index (κ3) is 8.79. The van der Waals surface area contributed by atoms with E-state index >= 15 is 0 Å². The van der Waals surface area contributed by atoms with Crippen LogP contribution in [0.1, 0.15) is 12.6 Å². The molecule has 0 aliphatic carbocycles. The van der Waals surface area contributed by atoms with Crippen molar-refractivity contribution in [1.29, 1.82) is 0 Å². The van der Waals surface area contributed by atoms with E-state index < -0.39 is 23.6 Å². The van der Waals surface area contributed by atoms with E-state index in [0.29, 0.717) is 50.0 Å². The Hall–Kier alpha value is -3.64. The molecule has 0 atom stereocenters. The van der Waals surface area contributed by atoms with Gasteiger partial charge in [0.15, 0.2) is 11.6 Å². The fourth-order valence-corrected chi connectivity index (χ4v) is 2.82. The van der Waals surface area contributed by atoms with E-state index in [9.17, 15) is 23.2 Å². The van der Waals surface area contributed by atoms with E-state index in [0.717, 1.165) is 25.2 Å². The van der Waals surface area contributed by atoms with Gasteiger partial charge in [-0.1, -0.05) is 0 Å². The number of piperazine rings is 1. The van der Waals surface area contributed by atoms with Crippen LogP contribution in [0.3, 0.4) is 0 Å². The van der Waals surface area contributed by atoms with Gasteiger partial charge in [0.2, 0.25) is 5.91 Å². The smallest absolute Gasteiger partial charge is 0.328 e. The molecule has 1 aliphatic rings. The van der Waals surface area contributed by atoms with Crippen molar-refractivity contribution >= 4 is 17.8 Å². The molecule has 3 rings (SSSR count). The third-order valence-corrected chi connectivity index (χ3v) is 4.52. The molecule has 2 aromatic rings. The zero-order valence-corrected chi connectivity index (χ0v) is 17.9. The van der Waals surface area contributed by atoms with Crippen LogP contribution in [0.15, 0.2) is 42.6 Å². The van der Waals surface area contributed by atoms with Crippen molar-refractivity contribution < 1.29 is 38.1 Å². The van der Waals surface area contributed by atoms with Crippen LogP contribution in [0, 0.1) is 11.6 Å². The maximum absolute atomic E-state index is 13.3. The van der Waals surface area contributed by atoms with Gasteiger partial charge in [0.1, 0.15) is 0 Å². The highest BCUT2D eigenvalue weighted by molar-refractivity contribution is 5.89. The number of aliphatic carboxylic acids is 2. The highest BCUT2D eigenvalue weighted by Gasteiger charge is 2.18. The summed E-state index contributed by atoms with van der Waals surface area (Å²) in [5.41, 5.74) is 1.15. The Kier molecular flexibility index (Phi) is 9.63. The molecule has 0 spiro atoms. The number of benzene rings is 1. The molecule has 10 nitrogen and oxygen atoms in total. The summed E-state index contributed by atoms with van der Waals surface area (Å²) < 4.78 is 33.4. The number of carboxylic acids is 2. The van der Waals surface area contributed by atoms with Gasteiger partial charge >= 0.3 is 11.9 Å². The molecule has 0 unspecified atom stereocenters. The molecule has 178 valence electrons. The van der Waals surface area contributed by atoms with Gasteiger partial charge in [-0.25, -0.2) is 23.1 Å². The van der Waals surface area contributed by atoms with Crippen LogP contribution in [0.25, 0.3) is 5.69 Å². The molecule has 0 saturated carbocycles. The second-order valence-corrected chi connectivity index (χ2v) is 6.96. The SMILES string of the molecule is CC(=O)N1CCN(COCc2ccn(-c3ccc(F)c(F)c3)n2)CC1.O=C(O)/C=C\C(=O)O. The van der Waals surface area contributed by atoms with Crippen LogP contribution in [0.2, 0.25) is 0 Å². The lowest BCUT2D eigenvalue weighted by molar-refractivity contribution is -0.134. The number of amides is 1. The Morgan fingerprint density at radius 3 is 2.21 bits per heavy atom. The predicted octanol–water partition coefficient (Wildman–Crippen LogP) is 1.50. The normalized spacial score (nSPS) is 14.1. The topological polar surface area (TPSA) is 125 Å². The van der Waals surface area contributed by atoms with Crippen molar-refractivity contribution in [2.75, 3.05) is 32.9 Å². The summed E-state index contributed by atoms with van der Waals surface area (Å²) in [6, 6.07) is 5.41. The maximum Gasteiger partial charge on any atom is 0.328 e. The number of hydrogen-bond acceptors (Lipinski definition) is 6. The summed E-state index contributed by atoms with van der Waals surface area (Å²) >= 11 is 0. The molecule has 1 aliphatic heterocycles. The van der Waals surface area contributed by atoms with Crippen molar-refractivity contribution in [2.45, 2.75) is 13.5 Å². The highest BCUT2D eigenvalue weighted by atomic mass is 19.2. The first-order valence-electron chi connectivity index (χ1n) is 9.85. The van der Waals surface area contributed by atoms with Crippen molar-refractivity contribution in [3.05, 3.63) is 59.9 Å². The quantitative estimate of drug-likeness (QED) is 0.588. The summed E-state index contributed by atoms with van der Waals surface area (Å²) in [6.45, 7) is 5.35. The van der Waals surface area contributed by atoms with Gasteiger partial charge in [-0.2, -0.15) is 5.10 Å². The van der Waals surface area contributed by atoms with E-state index in [1.807, 2.05) is 4.90 Å². The van der Waals surface area contributed by atoms with E-state index in [1.165, 1.54) is 10.7 Å². The Morgan fingerprint density at radius 2 is 1.67 bits per heavy atom. The number of carboxylic acid groups (broad SMARTS) is 2. The molecular formula is C21H24F2N4O6. The summed E-state index contributed by atoms with van der Waals surface area (Å²) in [6.07, 6.45) is 2.79. The molecule has 1 aromatic heterocycles. The third-order valence-electron chi connectivity index (χ3n) is 4.52. The Labute approximate surface area is 188 Å². The minimum atomic E-state index is -1.26. The van der Waals surface area contributed by atoms with Gasteiger partial charge in [-0.3, -0.25) is 9.69 Å². The first kappa shape index (κ1) is 25.6. The van der Waals surface area contributed by atoms with E-state index in [4.69, 9.17) is 14.9 Å². The monoisotopic (exact) mass is 466 g/mol. The standard InChI is InChI=1S/C17H20F2N4O2.C4H4O4/c1-13(24)22-8-6-21(7-9-22)12-25-11-14-4-5-23(20-14)15-2-3-16(18)17(19)10-15;5-3(6)1-2-4(7)8/h2-5,10H,6-9,11-12H2,1H3;1-2H,(H,5,6)(H,7,8)/b;2-1-. The van der Waals surface area contributed by atoms with Gasteiger partial charge in [-0.15, -0.1) is 0 Å². The number of carbonyl (C=O) groups is 3. The van der Waals surface area contributed by atoms with Crippen molar-refractivity contribution in [3.63, 3.8) is 0 Å². The lowest BCUT2D eigenvalue weighted by atomic mass is 10.3. The molecule has 2 heterocycles. The van der Waals surface area contributed by atoms with E-state index in [-0.39, 0.29) is 5.91 Å². The lowest BCUT2D eigenvalue weighted by Gasteiger charge is -2.33. The van der Waals surface area contributed by atoms with Crippen molar-refractivity contribution in [3.8, 4) is 5.69 Å². The summed E-state index contributed by atoms with van der Waals surface area (Å²) in [7, 11) is 0. The molecule has 1 fully saturated rings. The minimum absolute atomic E-state index is 0.100. The first-order chi connectivity index (χ1) is 15.7. The van der Waals surface area contributed by atoms with Gasteiger partial charge in [-0.05, 0) is 18.2 Å². The molecular weight excluding hydrogens is 442 g/mol. The zero-order chi connectivity index (χ0) is 24.4. The Morgan fingerprint density at radius 1 is 1.03 bits per heavy atom. The van der Waals surface area contributed by atoms with Crippen LogP contribution < -0.4 is 0 Å². The van der Waals surface area contributed by atoms with Crippen LogP contribution in [0.4, 0.5) is 8.78 Å². The molecule has 33 heavy (non-hydrogen) atoms. The maximum atomic E-state index is 13.3. The highest BCUT2D eigenvalue weighted by Crippen LogP contribution is 2.13. The predicted molar refractivity (Wildman–Crippen MR) is 111 cm³/mol. The lowest BCUT2D eigenvalue weighted by Crippen LogP contribution is -2.48. The van der Waals surface area contributed by atoms with Crippen LogP contribution >= 0.6 is 0 Å². The molecule has 12 heteroatoms. The van der Waals surface area contributed by atoms with E-state index in [1.54, 1.807) is 19.2 Å². The summed E-state index contributed by atoms with van der Waals surface area (Å²) in [4.78, 5) is 34.3. The summed E-state index contributed by atoms with van der Waals surface area (Å²) in [5, 5.41) is 19.9. The molecule has 2 N–H and O–H groups in total. The Balaban J connectivity index is 0.000000414. The molecule has 1 aromatic carbocycles. The number of ether oxygens (including phenoxy) is 1. The first-order valence-corrected chi connectivity index (χ1v) is 9.85. The second kappa shape index (κ2) is 12.4. The van der Waals surface area contributed by atoms with Crippen molar-refractivity contribution in [2.24, 2.45) is 0 Å². The number of halogens is 2. The number of hydrogen-bond donors (Lipinski definition) is 2. The second-order valence-electron chi connectivity index (χ2n) is 6.96. The average Bonchev–Trinajstić information content (AvgIpc) is 3.24. The molecule has 1 amide bonds. The molecule has 1 saturated heterocycles. The van der Waals surface area contributed by atoms with Crippen LogP contribution in [-0.4, -0.2) is 80.5 Å². The number of aromatic nitrogens is 2. The summed E-state index contributed by atoms with van der Waals surface area (Å²) in [5.74, 6) is -4.21. The zero-order valence-electron chi connectivity index (χ0n) is 17.9. The van der Waals surface area contributed by atoms with Gasteiger partial charge in [0.05, 0.1) is 24.7 Å². The van der Waals surface area contributed by atoms with Crippen molar-refractivity contribution in [1.82, 2.24) is 19.6 Å². The van der Waals surface area contributed by atoms with Crippen LogP contribution in [-0.2, 0) is 25.7 Å². The number of nitrogens with zero attached hydrogens (tertiary/aromatic N) is 4. The molecule has 0 radical (unpaired) electrons. The van der Waals surface area contributed by atoms with E-state index in [2.05, 4.69) is 10.00 Å². The van der Waals surface area contributed by atoms with Gasteiger partial charge < -0.3 is 19.8 Å². The van der Waals surface area contributed by atoms with Gasteiger partial charge in [0.25, 0.3) is 0 Å². The average molecular weight is 466 g/mol.